The summed E-state index contributed by atoms with van der Waals surface area (Å²) in [4.78, 5) is 26.0. The third-order valence-electron chi connectivity index (χ3n) is 3.15. The van der Waals surface area contributed by atoms with E-state index in [1.165, 1.54) is 11.8 Å². The summed E-state index contributed by atoms with van der Waals surface area (Å²) in [5.41, 5.74) is 0.213. The number of carbonyl (C=O) groups excluding carboxylic acids is 1. The van der Waals surface area contributed by atoms with Crippen molar-refractivity contribution in [3.05, 3.63) is 28.2 Å². The number of aromatic carboxylic acids is 1. The average molecular weight is 374 g/mol. The molecule has 0 aliphatic carbocycles. The van der Waals surface area contributed by atoms with E-state index < -0.39 is 5.97 Å². The van der Waals surface area contributed by atoms with Crippen molar-refractivity contribution in [3.8, 4) is 0 Å². The molecule has 1 N–H and O–H groups in total. The van der Waals surface area contributed by atoms with Crippen LogP contribution < -0.4 is 0 Å². The standard InChI is InChI=1S/C14H16BrNO4S/c1-9(13(17)16-4-6-20-7-5-16)21-12-8-10(15)2-3-11(12)14(18)19/h2-3,8-9H,4-7H2,1H3,(H,18,19). The number of thioether (sulfide) groups is 1. The van der Waals surface area contributed by atoms with Gasteiger partial charge in [-0.25, -0.2) is 4.79 Å². The molecule has 1 heterocycles. The maximum absolute atomic E-state index is 12.4. The summed E-state index contributed by atoms with van der Waals surface area (Å²) in [6, 6.07) is 4.96. The lowest BCUT2D eigenvalue weighted by atomic mass is 10.2. The molecular weight excluding hydrogens is 358 g/mol. The summed E-state index contributed by atoms with van der Waals surface area (Å²) < 4.78 is 6.02. The molecule has 1 atom stereocenters. The Balaban J connectivity index is 2.11. The molecule has 1 aromatic rings. The highest BCUT2D eigenvalue weighted by Crippen LogP contribution is 2.30. The Kier molecular flexibility index (Phi) is 5.66. The monoisotopic (exact) mass is 373 g/mol. The van der Waals surface area contributed by atoms with Gasteiger partial charge in [0.2, 0.25) is 5.91 Å². The van der Waals surface area contributed by atoms with E-state index in [0.717, 1.165) is 4.47 Å². The number of hydrogen-bond donors (Lipinski definition) is 1. The molecule has 1 aliphatic rings. The van der Waals surface area contributed by atoms with Crippen molar-refractivity contribution in [3.63, 3.8) is 0 Å². The number of carboxylic acids is 1. The maximum atomic E-state index is 12.4. The van der Waals surface area contributed by atoms with Gasteiger partial charge < -0.3 is 14.7 Å². The molecular formula is C14H16BrNO4S. The molecule has 0 bridgehead atoms. The van der Waals surface area contributed by atoms with Gasteiger partial charge in [-0.15, -0.1) is 11.8 Å². The number of nitrogens with zero attached hydrogens (tertiary/aromatic N) is 1. The second-order valence-corrected chi connectivity index (χ2v) is 6.94. The lowest BCUT2D eigenvalue weighted by Gasteiger charge is -2.29. The van der Waals surface area contributed by atoms with Crippen LogP contribution in [0.5, 0.6) is 0 Å². The Labute approximate surface area is 135 Å². The first-order chi connectivity index (χ1) is 9.99. The Morgan fingerprint density at radius 2 is 2.05 bits per heavy atom. The van der Waals surface area contributed by atoms with Gasteiger partial charge in [0.1, 0.15) is 0 Å². The van der Waals surface area contributed by atoms with E-state index in [1.807, 2.05) is 0 Å². The number of hydrogen-bond acceptors (Lipinski definition) is 4. The molecule has 0 spiro atoms. The summed E-state index contributed by atoms with van der Waals surface area (Å²) in [6.45, 7) is 4.10. The normalized spacial score (nSPS) is 16.6. The van der Waals surface area contributed by atoms with E-state index in [9.17, 15) is 14.7 Å². The number of carbonyl (C=O) groups is 2. The van der Waals surface area contributed by atoms with Crippen molar-refractivity contribution in [2.45, 2.75) is 17.1 Å². The smallest absolute Gasteiger partial charge is 0.336 e. The topological polar surface area (TPSA) is 66.8 Å². The SMILES string of the molecule is CC(Sc1cc(Br)ccc1C(=O)O)C(=O)N1CCOCC1. The van der Waals surface area contributed by atoms with Gasteiger partial charge in [0.25, 0.3) is 0 Å². The van der Waals surface area contributed by atoms with Crippen molar-refractivity contribution < 1.29 is 19.4 Å². The fourth-order valence-electron chi connectivity index (χ4n) is 2.05. The number of carboxylic acid groups (broad SMARTS) is 1. The van der Waals surface area contributed by atoms with Gasteiger partial charge in [0.15, 0.2) is 0 Å². The first kappa shape index (κ1) is 16.3. The van der Waals surface area contributed by atoms with Gasteiger partial charge in [-0.2, -0.15) is 0 Å². The van der Waals surface area contributed by atoms with Crippen LogP contribution in [0.4, 0.5) is 0 Å². The highest BCUT2D eigenvalue weighted by atomic mass is 79.9. The van der Waals surface area contributed by atoms with Crippen LogP contribution in [0, 0.1) is 0 Å². The fourth-order valence-corrected chi connectivity index (χ4v) is 3.67. The van der Waals surface area contributed by atoms with E-state index in [0.29, 0.717) is 31.2 Å². The molecule has 7 heteroatoms. The molecule has 0 aromatic heterocycles. The van der Waals surface area contributed by atoms with Crippen LogP contribution in [0.1, 0.15) is 17.3 Å². The molecule has 1 fully saturated rings. The quantitative estimate of drug-likeness (QED) is 0.821. The molecule has 0 saturated carbocycles. The third kappa shape index (κ3) is 4.21. The minimum absolute atomic E-state index is 0.0135. The van der Waals surface area contributed by atoms with Crippen LogP contribution in [0.15, 0.2) is 27.6 Å². The number of morpholine rings is 1. The molecule has 1 saturated heterocycles. The average Bonchev–Trinajstić information content (AvgIpc) is 2.47. The fraction of sp³-hybridized carbons (Fsp3) is 0.429. The summed E-state index contributed by atoms with van der Waals surface area (Å²) in [5, 5.41) is 8.88. The minimum atomic E-state index is -0.990. The van der Waals surface area contributed by atoms with Gasteiger partial charge >= 0.3 is 5.97 Å². The van der Waals surface area contributed by atoms with Crippen molar-refractivity contribution in [2.24, 2.45) is 0 Å². The number of halogens is 1. The molecule has 2 rings (SSSR count). The highest BCUT2D eigenvalue weighted by molar-refractivity contribution is 9.10. The number of rotatable bonds is 4. The Hall–Kier alpha value is -1.05. The van der Waals surface area contributed by atoms with Gasteiger partial charge in [-0.05, 0) is 25.1 Å². The van der Waals surface area contributed by atoms with Crippen molar-refractivity contribution in [1.82, 2.24) is 4.90 Å². The zero-order valence-electron chi connectivity index (χ0n) is 11.5. The molecule has 1 aromatic carbocycles. The van der Waals surface area contributed by atoms with Gasteiger partial charge in [0.05, 0.1) is 24.0 Å². The first-order valence-corrected chi connectivity index (χ1v) is 8.22. The van der Waals surface area contributed by atoms with Crippen LogP contribution >= 0.6 is 27.7 Å². The van der Waals surface area contributed by atoms with E-state index in [1.54, 1.807) is 30.0 Å². The van der Waals surface area contributed by atoms with E-state index in [2.05, 4.69) is 15.9 Å². The summed E-state index contributed by atoms with van der Waals surface area (Å²) >= 11 is 4.60. The largest absolute Gasteiger partial charge is 0.478 e. The minimum Gasteiger partial charge on any atom is -0.478 e. The van der Waals surface area contributed by atoms with Crippen LogP contribution in [-0.4, -0.2) is 53.4 Å². The molecule has 1 amide bonds. The zero-order chi connectivity index (χ0) is 15.4. The molecule has 0 radical (unpaired) electrons. The van der Waals surface area contributed by atoms with E-state index >= 15 is 0 Å². The van der Waals surface area contributed by atoms with Crippen molar-refractivity contribution in [1.29, 1.82) is 0 Å². The zero-order valence-corrected chi connectivity index (χ0v) is 13.9. The molecule has 21 heavy (non-hydrogen) atoms. The van der Waals surface area contributed by atoms with Gasteiger partial charge in [0, 0.05) is 22.5 Å². The van der Waals surface area contributed by atoms with Crippen molar-refractivity contribution >= 4 is 39.6 Å². The Morgan fingerprint density at radius 3 is 2.67 bits per heavy atom. The summed E-state index contributed by atoms with van der Waals surface area (Å²) in [7, 11) is 0. The number of amides is 1. The lowest BCUT2D eigenvalue weighted by molar-refractivity contribution is -0.134. The van der Waals surface area contributed by atoms with E-state index in [-0.39, 0.29) is 16.7 Å². The highest BCUT2D eigenvalue weighted by Gasteiger charge is 2.24. The third-order valence-corrected chi connectivity index (χ3v) is 4.79. The molecule has 114 valence electrons. The van der Waals surface area contributed by atoms with E-state index in [4.69, 9.17) is 4.74 Å². The molecule has 1 unspecified atom stereocenters. The second-order valence-electron chi connectivity index (χ2n) is 4.64. The Bertz CT molecular complexity index is 546. The maximum Gasteiger partial charge on any atom is 0.336 e. The lowest BCUT2D eigenvalue weighted by Crippen LogP contribution is -2.44. The summed E-state index contributed by atoms with van der Waals surface area (Å²) in [5.74, 6) is -0.976. The number of ether oxygens (including phenoxy) is 1. The van der Waals surface area contributed by atoms with Crippen molar-refractivity contribution in [2.75, 3.05) is 26.3 Å². The summed E-state index contributed by atoms with van der Waals surface area (Å²) in [6.07, 6.45) is 0. The predicted octanol–water partition coefficient (Wildman–Crippen LogP) is 2.49. The number of benzene rings is 1. The molecule has 1 aliphatic heterocycles. The van der Waals surface area contributed by atoms with Gasteiger partial charge in [-0.3, -0.25) is 4.79 Å². The van der Waals surface area contributed by atoms with Crippen LogP contribution in [0.25, 0.3) is 0 Å². The Morgan fingerprint density at radius 1 is 1.38 bits per heavy atom. The second kappa shape index (κ2) is 7.29. The van der Waals surface area contributed by atoms with Crippen LogP contribution in [-0.2, 0) is 9.53 Å². The van der Waals surface area contributed by atoms with Crippen LogP contribution in [0.3, 0.4) is 0 Å². The predicted molar refractivity (Wildman–Crippen MR) is 83.8 cm³/mol. The molecule has 5 nitrogen and oxygen atoms in total. The first-order valence-electron chi connectivity index (χ1n) is 6.55. The van der Waals surface area contributed by atoms with Gasteiger partial charge in [-0.1, -0.05) is 15.9 Å². The van der Waals surface area contributed by atoms with Crippen LogP contribution in [0.2, 0.25) is 0 Å².